The highest BCUT2D eigenvalue weighted by molar-refractivity contribution is 6.42. The number of nitrogens with one attached hydrogen (secondary N) is 1. The SMILES string of the molecule is COc1ccc(-c2ccccc2NC(=O)C(O)c2ccc(Cl)c(Cl)c2)cc1OC. The van der Waals surface area contributed by atoms with Gasteiger partial charge in [0.15, 0.2) is 17.6 Å². The summed E-state index contributed by atoms with van der Waals surface area (Å²) in [5.41, 5.74) is 2.48. The molecule has 0 aliphatic rings. The second kappa shape index (κ2) is 9.18. The number of anilines is 1. The number of rotatable bonds is 6. The third-order valence-electron chi connectivity index (χ3n) is 4.39. The smallest absolute Gasteiger partial charge is 0.257 e. The average Bonchev–Trinajstić information content (AvgIpc) is 2.75. The molecule has 1 amide bonds. The van der Waals surface area contributed by atoms with Crippen molar-refractivity contribution in [2.45, 2.75) is 6.10 Å². The predicted octanol–water partition coefficient (Wildman–Crippen LogP) is 5.35. The molecule has 2 N–H and O–H groups in total. The molecule has 1 unspecified atom stereocenters. The zero-order valence-corrected chi connectivity index (χ0v) is 17.3. The Labute approximate surface area is 178 Å². The maximum atomic E-state index is 12.6. The van der Waals surface area contributed by atoms with Crippen LogP contribution in [-0.4, -0.2) is 25.2 Å². The first-order valence-electron chi connectivity index (χ1n) is 8.70. The van der Waals surface area contributed by atoms with Gasteiger partial charge in [-0.2, -0.15) is 0 Å². The lowest BCUT2D eigenvalue weighted by molar-refractivity contribution is -0.124. The van der Waals surface area contributed by atoms with Crippen LogP contribution >= 0.6 is 23.2 Å². The van der Waals surface area contributed by atoms with E-state index in [1.807, 2.05) is 24.3 Å². The summed E-state index contributed by atoms with van der Waals surface area (Å²) in [4.78, 5) is 12.6. The molecule has 0 spiro atoms. The van der Waals surface area contributed by atoms with Crippen LogP contribution in [0.5, 0.6) is 11.5 Å². The van der Waals surface area contributed by atoms with Crippen LogP contribution < -0.4 is 14.8 Å². The van der Waals surface area contributed by atoms with Crippen molar-refractivity contribution in [1.29, 1.82) is 0 Å². The quantitative estimate of drug-likeness (QED) is 0.551. The molecule has 3 rings (SSSR count). The molecular formula is C22H19Cl2NO4. The first kappa shape index (κ1) is 21.0. The molecule has 0 aliphatic carbocycles. The van der Waals surface area contributed by atoms with Crippen molar-refractivity contribution in [2.75, 3.05) is 19.5 Å². The molecular weight excluding hydrogens is 413 g/mol. The number of benzene rings is 3. The van der Waals surface area contributed by atoms with E-state index in [1.165, 1.54) is 12.1 Å². The highest BCUT2D eigenvalue weighted by Crippen LogP contribution is 2.35. The van der Waals surface area contributed by atoms with Crippen molar-refractivity contribution in [3.05, 3.63) is 76.3 Å². The second-order valence-corrected chi connectivity index (χ2v) is 7.00. The summed E-state index contributed by atoms with van der Waals surface area (Å²) in [6.07, 6.45) is -1.40. The van der Waals surface area contributed by atoms with E-state index in [2.05, 4.69) is 5.32 Å². The van der Waals surface area contributed by atoms with E-state index in [9.17, 15) is 9.90 Å². The molecule has 150 valence electrons. The molecule has 0 radical (unpaired) electrons. The van der Waals surface area contributed by atoms with E-state index in [-0.39, 0.29) is 5.02 Å². The number of ether oxygens (including phenoxy) is 2. The maximum absolute atomic E-state index is 12.6. The standard InChI is InChI=1S/C22H19Cl2NO4/c1-28-19-10-8-13(12-20(19)29-2)15-5-3-4-6-18(15)25-22(27)21(26)14-7-9-16(23)17(24)11-14/h3-12,21,26H,1-2H3,(H,25,27). The van der Waals surface area contributed by atoms with E-state index < -0.39 is 12.0 Å². The van der Waals surface area contributed by atoms with Crippen molar-refractivity contribution in [3.8, 4) is 22.6 Å². The van der Waals surface area contributed by atoms with Gasteiger partial charge in [-0.1, -0.05) is 53.5 Å². The van der Waals surface area contributed by atoms with Crippen molar-refractivity contribution < 1.29 is 19.4 Å². The first-order valence-corrected chi connectivity index (χ1v) is 9.45. The minimum atomic E-state index is -1.40. The van der Waals surface area contributed by atoms with Gasteiger partial charge in [-0.15, -0.1) is 0 Å². The van der Waals surface area contributed by atoms with Gasteiger partial charge in [0.2, 0.25) is 0 Å². The van der Waals surface area contributed by atoms with Crippen LogP contribution in [-0.2, 0) is 4.79 Å². The Hall–Kier alpha value is -2.73. The van der Waals surface area contributed by atoms with Crippen LogP contribution in [0.15, 0.2) is 60.7 Å². The Morgan fingerprint density at radius 2 is 1.66 bits per heavy atom. The highest BCUT2D eigenvalue weighted by Gasteiger charge is 2.20. The second-order valence-electron chi connectivity index (χ2n) is 6.18. The fourth-order valence-electron chi connectivity index (χ4n) is 2.88. The van der Waals surface area contributed by atoms with Gasteiger partial charge in [-0.05, 0) is 41.5 Å². The summed E-state index contributed by atoms with van der Waals surface area (Å²) in [5, 5.41) is 13.8. The van der Waals surface area contributed by atoms with Crippen molar-refractivity contribution in [2.24, 2.45) is 0 Å². The van der Waals surface area contributed by atoms with Crippen molar-refractivity contribution in [3.63, 3.8) is 0 Å². The van der Waals surface area contributed by atoms with Gasteiger partial charge in [0.25, 0.3) is 5.91 Å². The summed E-state index contributed by atoms with van der Waals surface area (Å²) >= 11 is 11.9. The van der Waals surface area contributed by atoms with Crippen LogP contribution in [0.2, 0.25) is 10.0 Å². The molecule has 3 aromatic carbocycles. The number of aliphatic hydroxyl groups is 1. The minimum Gasteiger partial charge on any atom is -0.493 e. The Morgan fingerprint density at radius 3 is 2.34 bits per heavy atom. The summed E-state index contributed by atoms with van der Waals surface area (Å²) in [5.74, 6) is 0.589. The number of methoxy groups -OCH3 is 2. The zero-order valence-electron chi connectivity index (χ0n) is 15.8. The zero-order chi connectivity index (χ0) is 21.0. The van der Waals surface area contributed by atoms with Gasteiger partial charge in [-0.3, -0.25) is 4.79 Å². The summed E-state index contributed by atoms with van der Waals surface area (Å²) in [7, 11) is 3.12. The molecule has 7 heteroatoms. The molecule has 1 atom stereocenters. The molecule has 0 fully saturated rings. The lowest BCUT2D eigenvalue weighted by Crippen LogP contribution is -2.21. The molecule has 0 heterocycles. The lowest BCUT2D eigenvalue weighted by Gasteiger charge is -2.16. The van der Waals surface area contributed by atoms with Crippen molar-refractivity contribution in [1.82, 2.24) is 0 Å². The Bertz CT molecular complexity index is 1040. The fraction of sp³-hybridized carbons (Fsp3) is 0.136. The molecule has 5 nitrogen and oxygen atoms in total. The predicted molar refractivity (Wildman–Crippen MR) is 115 cm³/mol. The molecule has 0 aliphatic heterocycles. The lowest BCUT2D eigenvalue weighted by atomic mass is 10.0. The van der Waals surface area contributed by atoms with Crippen LogP contribution in [0.25, 0.3) is 11.1 Å². The Balaban J connectivity index is 1.89. The molecule has 0 saturated heterocycles. The number of halogens is 2. The number of aliphatic hydroxyl groups excluding tert-OH is 1. The van der Waals surface area contributed by atoms with E-state index in [0.29, 0.717) is 27.8 Å². The normalized spacial score (nSPS) is 11.6. The monoisotopic (exact) mass is 431 g/mol. The number of carbonyl (C=O) groups excluding carboxylic acids is 1. The third-order valence-corrected chi connectivity index (χ3v) is 5.13. The fourth-order valence-corrected chi connectivity index (χ4v) is 3.19. The first-order chi connectivity index (χ1) is 13.9. The van der Waals surface area contributed by atoms with Gasteiger partial charge in [0.1, 0.15) is 0 Å². The average molecular weight is 432 g/mol. The van der Waals surface area contributed by atoms with E-state index >= 15 is 0 Å². The van der Waals surface area contributed by atoms with Gasteiger partial charge in [0, 0.05) is 11.3 Å². The highest BCUT2D eigenvalue weighted by atomic mass is 35.5. The third kappa shape index (κ3) is 4.65. The summed E-state index contributed by atoms with van der Waals surface area (Å²) in [6, 6.07) is 17.3. The number of para-hydroxylation sites is 1. The Morgan fingerprint density at radius 1 is 0.931 bits per heavy atom. The number of hydrogen-bond donors (Lipinski definition) is 2. The largest absolute Gasteiger partial charge is 0.493 e. The van der Waals surface area contributed by atoms with Gasteiger partial charge >= 0.3 is 0 Å². The van der Waals surface area contributed by atoms with E-state index in [4.69, 9.17) is 32.7 Å². The van der Waals surface area contributed by atoms with Crippen molar-refractivity contribution >= 4 is 34.8 Å². The molecule has 29 heavy (non-hydrogen) atoms. The molecule has 0 bridgehead atoms. The van der Waals surface area contributed by atoms with Crippen LogP contribution in [0.3, 0.4) is 0 Å². The van der Waals surface area contributed by atoms with Crippen LogP contribution in [0, 0.1) is 0 Å². The molecule has 3 aromatic rings. The molecule has 0 saturated carbocycles. The van der Waals surface area contributed by atoms with Gasteiger partial charge in [0.05, 0.1) is 24.3 Å². The molecule has 0 aromatic heterocycles. The maximum Gasteiger partial charge on any atom is 0.257 e. The Kier molecular flexibility index (Phi) is 6.64. The van der Waals surface area contributed by atoms with E-state index in [1.54, 1.807) is 38.5 Å². The topological polar surface area (TPSA) is 67.8 Å². The van der Waals surface area contributed by atoms with Crippen LogP contribution in [0.4, 0.5) is 5.69 Å². The summed E-state index contributed by atoms with van der Waals surface area (Å²) < 4.78 is 10.6. The van der Waals surface area contributed by atoms with Gasteiger partial charge in [-0.25, -0.2) is 0 Å². The van der Waals surface area contributed by atoms with Crippen LogP contribution in [0.1, 0.15) is 11.7 Å². The van der Waals surface area contributed by atoms with Gasteiger partial charge < -0.3 is 19.9 Å². The summed E-state index contributed by atoms with van der Waals surface area (Å²) in [6.45, 7) is 0. The number of amides is 1. The van der Waals surface area contributed by atoms with E-state index in [0.717, 1.165) is 11.1 Å². The minimum absolute atomic E-state index is 0.266. The number of hydrogen-bond acceptors (Lipinski definition) is 4. The number of carbonyl (C=O) groups is 1.